The van der Waals surface area contributed by atoms with E-state index in [1.807, 2.05) is 29.3 Å². The standard InChI is InChI=1S/C20H27N3O2/c1-16(24)23(15-20(25)22-11-6-2-3-7-12-22)13-10-17-14-21-19-9-5-4-8-18(17)19/h4-5,8-9,14,21H,2-3,6-7,10-13,15H2,1H3. The molecule has 0 bridgehead atoms. The van der Waals surface area contributed by atoms with Gasteiger partial charge in [0, 0.05) is 43.7 Å². The predicted octanol–water partition coefficient (Wildman–Crippen LogP) is 2.96. The molecule has 2 aromatic rings. The number of hydrogen-bond donors (Lipinski definition) is 1. The summed E-state index contributed by atoms with van der Waals surface area (Å²) in [5.41, 5.74) is 2.29. The summed E-state index contributed by atoms with van der Waals surface area (Å²) in [6.45, 7) is 3.96. The van der Waals surface area contributed by atoms with E-state index in [0.717, 1.165) is 37.9 Å². The normalized spacial score (nSPS) is 15.2. The lowest BCUT2D eigenvalue weighted by Gasteiger charge is -2.26. The van der Waals surface area contributed by atoms with Gasteiger partial charge in [-0.05, 0) is 30.9 Å². The van der Waals surface area contributed by atoms with Gasteiger partial charge in [0.25, 0.3) is 0 Å². The summed E-state index contributed by atoms with van der Waals surface area (Å²) in [5, 5.41) is 1.19. The maximum absolute atomic E-state index is 12.6. The van der Waals surface area contributed by atoms with Gasteiger partial charge >= 0.3 is 0 Å². The molecule has 2 heterocycles. The van der Waals surface area contributed by atoms with Crippen LogP contribution in [0.5, 0.6) is 0 Å². The Kier molecular flexibility index (Phi) is 5.74. The van der Waals surface area contributed by atoms with Crippen molar-refractivity contribution in [2.75, 3.05) is 26.2 Å². The fourth-order valence-corrected chi connectivity index (χ4v) is 3.53. The van der Waals surface area contributed by atoms with Crippen molar-refractivity contribution in [3.05, 3.63) is 36.0 Å². The Morgan fingerprint density at radius 1 is 1.12 bits per heavy atom. The van der Waals surface area contributed by atoms with Crippen LogP contribution >= 0.6 is 0 Å². The van der Waals surface area contributed by atoms with Crippen molar-refractivity contribution in [1.82, 2.24) is 14.8 Å². The third-order valence-corrected chi connectivity index (χ3v) is 5.06. The van der Waals surface area contributed by atoms with Gasteiger partial charge < -0.3 is 14.8 Å². The van der Waals surface area contributed by atoms with Crippen molar-refractivity contribution in [2.24, 2.45) is 0 Å². The second-order valence-electron chi connectivity index (χ2n) is 6.85. The number of amides is 2. The SMILES string of the molecule is CC(=O)N(CCc1c[nH]c2ccccc12)CC(=O)N1CCCCCC1. The lowest BCUT2D eigenvalue weighted by atomic mass is 10.1. The van der Waals surface area contributed by atoms with Crippen LogP contribution in [0.25, 0.3) is 10.9 Å². The van der Waals surface area contributed by atoms with Crippen molar-refractivity contribution in [3.63, 3.8) is 0 Å². The fraction of sp³-hybridized carbons (Fsp3) is 0.500. The molecule has 134 valence electrons. The molecule has 1 N–H and O–H groups in total. The minimum Gasteiger partial charge on any atom is -0.361 e. The highest BCUT2D eigenvalue weighted by molar-refractivity contribution is 5.84. The first-order valence-electron chi connectivity index (χ1n) is 9.23. The lowest BCUT2D eigenvalue weighted by Crippen LogP contribution is -2.43. The van der Waals surface area contributed by atoms with Crippen LogP contribution in [-0.2, 0) is 16.0 Å². The van der Waals surface area contributed by atoms with Gasteiger partial charge in [-0.3, -0.25) is 9.59 Å². The van der Waals surface area contributed by atoms with E-state index in [4.69, 9.17) is 0 Å². The molecule has 2 amide bonds. The van der Waals surface area contributed by atoms with Gasteiger partial charge in [0.1, 0.15) is 0 Å². The Balaban J connectivity index is 1.61. The smallest absolute Gasteiger partial charge is 0.242 e. The predicted molar refractivity (Wildman–Crippen MR) is 99.3 cm³/mol. The first-order chi connectivity index (χ1) is 12.1. The number of aromatic nitrogens is 1. The number of aromatic amines is 1. The van der Waals surface area contributed by atoms with Gasteiger partial charge in [-0.25, -0.2) is 0 Å². The first kappa shape index (κ1) is 17.5. The number of nitrogens with one attached hydrogen (secondary N) is 1. The second kappa shape index (κ2) is 8.19. The maximum atomic E-state index is 12.6. The lowest BCUT2D eigenvalue weighted by molar-refractivity contribution is -0.139. The zero-order valence-electron chi connectivity index (χ0n) is 15.0. The summed E-state index contributed by atoms with van der Waals surface area (Å²) >= 11 is 0. The number of nitrogens with zero attached hydrogens (tertiary/aromatic N) is 2. The zero-order valence-corrected chi connectivity index (χ0v) is 15.0. The van der Waals surface area contributed by atoms with E-state index in [1.54, 1.807) is 11.8 Å². The van der Waals surface area contributed by atoms with Gasteiger partial charge in [-0.15, -0.1) is 0 Å². The molecule has 1 aromatic heterocycles. The third-order valence-electron chi connectivity index (χ3n) is 5.06. The van der Waals surface area contributed by atoms with E-state index in [1.165, 1.54) is 23.8 Å². The molecule has 3 rings (SSSR count). The van der Waals surface area contributed by atoms with Gasteiger partial charge in [0.2, 0.25) is 11.8 Å². The van der Waals surface area contributed by atoms with Crippen molar-refractivity contribution in [1.29, 1.82) is 0 Å². The fourth-order valence-electron chi connectivity index (χ4n) is 3.53. The summed E-state index contributed by atoms with van der Waals surface area (Å²) in [4.78, 5) is 31.4. The molecule has 1 aliphatic heterocycles. The van der Waals surface area contributed by atoms with E-state index >= 15 is 0 Å². The quantitative estimate of drug-likeness (QED) is 0.909. The van der Waals surface area contributed by atoms with Crippen LogP contribution in [0.2, 0.25) is 0 Å². The van der Waals surface area contributed by atoms with Gasteiger partial charge in [-0.1, -0.05) is 31.0 Å². The summed E-state index contributed by atoms with van der Waals surface area (Å²) in [6, 6.07) is 8.15. The second-order valence-corrected chi connectivity index (χ2v) is 6.85. The number of H-pyrrole nitrogens is 1. The average molecular weight is 341 g/mol. The number of carbonyl (C=O) groups excluding carboxylic acids is 2. The number of carbonyl (C=O) groups is 2. The molecule has 1 saturated heterocycles. The van der Waals surface area contributed by atoms with Crippen molar-refractivity contribution < 1.29 is 9.59 Å². The van der Waals surface area contributed by atoms with Crippen LogP contribution in [-0.4, -0.2) is 52.8 Å². The molecule has 0 atom stereocenters. The van der Waals surface area contributed by atoms with Crippen LogP contribution in [0.15, 0.2) is 30.5 Å². The molecule has 0 aliphatic carbocycles. The Labute approximate surface area is 149 Å². The largest absolute Gasteiger partial charge is 0.361 e. The molecule has 5 heteroatoms. The number of para-hydroxylation sites is 1. The van der Waals surface area contributed by atoms with E-state index in [2.05, 4.69) is 11.1 Å². The number of rotatable bonds is 5. The number of fused-ring (bicyclic) bond motifs is 1. The van der Waals surface area contributed by atoms with Crippen LogP contribution < -0.4 is 0 Å². The summed E-state index contributed by atoms with van der Waals surface area (Å²) in [7, 11) is 0. The molecule has 0 unspecified atom stereocenters. The minimum atomic E-state index is -0.0389. The molecule has 0 spiro atoms. The molecule has 1 aromatic carbocycles. The van der Waals surface area contributed by atoms with Crippen molar-refractivity contribution in [2.45, 2.75) is 39.0 Å². The highest BCUT2D eigenvalue weighted by atomic mass is 16.2. The Hall–Kier alpha value is -2.30. The van der Waals surface area contributed by atoms with E-state index in [-0.39, 0.29) is 18.4 Å². The monoisotopic (exact) mass is 341 g/mol. The van der Waals surface area contributed by atoms with Gasteiger partial charge in [0.15, 0.2) is 0 Å². The Bertz CT molecular complexity index is 729. The zero-order chi connectivity index (χ0) is 17.6. The molecule has 25 heavy (non-hydrogen) atoms. The van der Waals surface area contributed by atoms with Crippen molar-refractivity contribution in [3.8, 4) is 0 Å². The van der Waals surface area contributed by atoms with Crippen LogP contribution in [0.3, 0.4) is 0 Å². The molecule has 1 fully saturated rings. The van der Waals surface area contributed by atoms with E-state index in [9.17, 15) is 9.59 Å². The number of hydrogen-bond acceptors (Lipinski definition) is 2. The van der Waals surface area contributed by atoms with Gasteiger partial charge in [-0.2, -0.15) is 0 Å². The highest BCUT2D eigenvalue weighted by Gasteiger charge is 2.20. The Morgan fingerprint density at radius 2 is 1.84 bits per heavy atom. The molecule has 0 radical (unpaired) electrons. The van der Waals surface area contributed by atoms with Crippen LogP contribution in [0, 0.1) is 0 Å². The van der Waals surface area contributed by atoms with Crippen molar-refractivity contribution >= 4 is 22.7 Å². The van der Waals surface area contributed by atoms with Crippen LogP contribution in [0.1, 0.15) is 38.2 Å². The molecular formula is C20H27N3O2. The minimum absolute atomic E-state index is 0.0389. The topological polar surface area (TPSA) is 56.4 Å². The van der Waals surface area contributed by atoms with Crippen LogP contribution in [0.4, 0.5) is 0 Å². The molecule has 1 aliphatic rings. The first-order valence-corrected chi connectivity index (χ1v) is 9.23. The summed E-state index contributed by atoms with van der Waals surface area (Å²) < 4.78 is 0. The third kappa shape index (κ3) is 4.41. The van der Waals surface area contributed by atoms with Gasteiger partial charge in [0.05, 0.1) is 6.54 Å². The molecular weight excluding hydrogens is 314 g/mol. The molecule has 0 saturated carbocycles. The number of likely N-dealkylation sites (tertiary alicyclic amines) is 1. The maximum Gasteiger partial charge on any atom is 0.242 e. The van der Waals surface area contributed by atoms with E-state index in [0.29, 0.717) is 6.54 Å². The highest BCUT2D eigenvalue weighted by Crippen LogP contribution is 2.18. The Morgan fingerprint density at radius 3 is 2.56 bits per heavy atom. The summed E-state index contributed by atoms with van der Waals surface area (Å²) in [5.74, 6) is 0.0408. The number of benzene rings is 1. The van der Waals surface area contributed by atoms with E-state index < -0.39 is 0 Å². The molecule has 5 nitrogen and oxygen atoms in total. The average Bonchev–Trinajstić information content (AvgIpc) is 2.82. The summed E-state index contributed by atoms with van der Waals surface area (Å²) in [6.07, 6.45) is 7.28.